The van der Waals surface area contributed by atoms with Crippen molar-refractivity contribution in [2.45, 2.75) is 31.1 Å². The molecule has 0 radical (unpaired) electrons. The molecule has 4 heteroatoms. The van der Waals surface area contributed by atoms with Gasteiger partial charge in [-0.05, 0) is 21.2 Å². The van der Waals surface area contributed by atoms with Crippen LogP contribution in [0, 0.1) is 5.92 Å². The molecule has 1 N–H and O–H groups in total. The Labute approximate surface area is 156 Å². The van der Waals surface area contributed by atoms with Crippen molar-refractivity contribution in [2.24, 2.45) is 5.92 Å². The average molecular weight is 373 g/mol. The lowest BCUT2D eigenvalue weighted by molar-refractivity contribution is 0.196. The molecule has 1 saturated heterocycles. The average Bonchev–Trinajstić information content (AvgIpc) is 2.58. The van der Waals surface area contributed by atoms with Gasteiger partial charge in [-0.25, -0.2) is 0 Å². The van der Waals surface area contributed by atoms with E-state index >= 15 is 0 Å². The molecular weight excluding hydrogens is 344 g/mol. The number of rotatable bonds is 6. The molecule has 134 valence electrons. The van der Waals surface area contributed by atoms with Crippen LogP contribution in [0.15, 0.2) is 60.7 Å². The van der Waals surface area contributed by atoms with Crippen molar-refractivity contribution in [3.05, 3.63) is 60.7 Å². The van der Waals surface area contributed by atoms with Gasteiger partial charge in [0.1, 0.15) is 0 Å². The van der Waals surface area contributed by atoms with Crippen LogP contribution >= 0.6 is 11.8 Å². The van der Waals surface area contributed by atoms with E-state index in [1.54, 1.807) is 0 Å². The van der Waals surface area contributed by atoms with Crippen LogP contribution in [0.5, 0.6) is 0 Å². The third-order valence-electron chi connectivity index (χ3n) is 5.17. The SMILES string of the molecule is CC(C)(C)[Si](OC[C@H]1SC[C@H]1CO)(c1ccccc1)c1ccccc1. The lowest BCUT2D eigenvalue weighted by Crippen LogP contribution is -2.67. The molecule has 0 aromatic heterocycles. The first-order chi connectivity index (χ1) is 12.0. The molecule has 0 saturated carbocycles. The van der Waals surface area contributed by atoms with Crippen LogP contribution in [0.25, 0.3) is 0 Å². The quantitative estimate of drug-likeness (QED) is 0.789. The standard InChI is InChI=1S/C21H28O2SSi/c1-21(2,3)25(18-10-6-4-7-11-18,19-12-8-5-9-13-19)23-15-20-17(14-22)16-24-20/h4-13,17,20,22H,14-16H2,1-3H3/t17-,20-/m1/s1. The minimum Gasteiger partial charge on any atom is -0.406 e. The van der Waals surface area contributed by atoms with E-state index in [1.807, 2.05) is 11.8 Å². The summed E-state index contributed by atoms with van der Waals surface area (Å²) in [5.41, 5.74) is 0. The van der Waals surface area contributed by atoms with E-state index in [2.05, 4.69) is 81.4 Å². The molecule has 1 heterocycles. The summed E-state index contributed by atoms with van der Waals surface area (Å²) in [6, 6.07) is 21.5. The van der Waals surface area contributed by atoms with E-state index < -0.39 is 8.32 Å². The van der Waals surface area contributed by atoms with E-state index in [4.69, 9.17) is 4.43 Å². The Kier molecular flexibility index (Phi) is 5.74. The van der Waals surface area contributed by atoms with Gasteiger partial charge in [0, 0.05) is 24.4 Å². The van der Waals surface area contributed by atoms with E-state index in [-0.39, 0.29) is 11.6 Å². The molecule has 0 spiro atoms. The van der Waals surface area contributed by atoms with Crippen LogP contribution in [0.4, 0.5) is 0 Å². The second kappa shape index (κ2) is 7.66. The van der Waals surface area contributed by atoms with E-state index in [1.165, 1.54) is 10.4 Å². The highest BCUT2D eigenvalue weighted by Gasteiger charge is 2.51. The number of hydrogen-bond donors (Lipinski definition) is 1. The monoisotopic (exact) mass is 372 g/mol. The molecule has 25 heavy (non-hydrogen) atoms. The van der Waals surface area contributed by atoms with Crippen molar-refractivity contribution in [3.63, 3.8) is 0 Å². The van der Waals surface area contributed by atoms with Crippen LogP contribution < -0.4 is 10.4 Å². The minimum absolute atomic E-state index is 0.0127. The second-order valence-electron chi connectivity index (χ2n) is 7.79. The van der Waals surface area contributed by atoms with Gasteiger partial charge in [0.25, 0.3) is 8.32 Å². The Morgan fingerprint density at radius 3 is 1.88 bits per heavy atom. The van der Waals surface area contributed by atoms with Crippen molar-refractivity contribution in [1.29, 1.82) is 0 Å². The van der Waals surface area contributed by atoms with Gasteiger partial charge in [-0.1, -0.05) is 81.4 Å². The molecule has 3 rings (SSSR count). The maximum Gasteiger partial charge on any atom is 0.261 e. The van der Waals surface area contributed by atoms with Crippen LogP contribution in [-0.2, 0) is 4.43 Å². The zero-order chi connectivity index (χ0) is 17.9. The molecule has 1 fully saturated rings. The zero-order valence-electron chi connectivity index (χ0n) is 15.3. The van der Waals surface area contributed by atoms with Crippen LogP contribution in [0.2, 0.25) is 5.04 Å². The maximum absolute atomic E-state index is 9.52. The third kappa shape index (κ3) is 3.58. The number of aliphatic hydroxyl groups is 1. The summed E-state index contributed by atoms with van der Waals surface area (Å²) in [5, 5.41) is 12.6. The predicted molar refractivity (Wildman–Crippen MR) is 110 cm³/mol. The largest absolute Gasteiger partial charge is 0.406 e. The van der Waals surface area contributed by atoms with Crippen molar-refractivity contribution in [2.75, 3.05) is 19.0 Å². The highest BCUT2D eigenvalue weighted by Crippen LogP contribution is 2.39. The van der Waals surface area contributed by atoms with Gasteiger partial charge >= 0.3 is 0 Å². The smallest absolute Gasteiger partial charge is 0.261 e. The molecule has 0 bridgehead atoms. The van der Waals surface area contributed by atoms with Gasteiger partial charge in [0.2, 0.25) is 0 Å². The van der Waals surface area contributed by atoms with Gasteiger partial charge in [0.15, 0.2) is 0 Å². The zero-order valence-corrected chi connectivity index (χ0v) is 17.1. The number of aliphatic hydroxyl groups excluding tert-OH is 1. The summed E-state index contributed by atoms with van der Waals surface area (Å²) in [5.74, 6) is 1.42. The lowest BCUT2D eigenvalue weighted by Gasteiger charge is -2.45. The summed E-state index contributed by atoms with van der Waals surface area (Å²) >= 11 is 1.92. The molecule has 1 aliphatic heterocycles. The summed E-state index contributed by atoms with van der Waals surface area (Å²) < 4.78 is 6.91. The molecule has 2 aromatic rings. The van der Waals surface area contributed by atoms with E-state index in [0.29, 0.717) is 17.8 Å². The Hall–Kier alpha value is -1.07. The predicted octanol–water partition coefficient (Wildman–Crippen LogP) is 3.29. The summed E-state index contributed by atoms with van der Waals surface area (Å²) in [4.78, 5) is 0. The summed E-state index contributed by atoms with van der Waals surface area (Å²) in [6.45, 7) is 7.88. The lowest BCUT2D eigenvalue weighted by atomic mass is 10.1. The highest BCUT2D eigenvalue weighted by atomic mass is 32.2. The molecule has 2 nitrogen and oxygen atoms in total. The van der Waals surface area contributed by atoms with Crippen molar-refractivity contribution in [3.8, 4) is 0 Å². The molecule has 0 amide bonds. The van der Waals surface area contributed by atoms with Crippen molar-refractivity contribution < 1.29 is 9.53 Å². The fourth-order valence-corrected chi connectivity index (χ4v) is 9.49. The number of hydrogen-bond acceptors (Lipinski definition) is 3. The van der Waals surface area contributed by atoms with Crippen LogP contribution in [0.1, 0.15) is 20.8 Å². The highest BCUT2D eigenvalue weighted by molar-refractivity contribution is 8.01. The summed E-state index contributed by atoms with van der Waals surface area (Å²) in [7, 11) is -2.43. The Morgan fingerprint density at radius 2 is 1.52 bits per heavy atom. The number of benzene rings is 2. The Balaban J connectivity index is 2.03. The fourth-order valence-electron chi connectivity index (χ4n) is 3.69. The van der Waals surface area contributed by atoms with Gasteiger partial charge in [0.05, 0.1) is 0 Å². The summed E-state index contributed by atoms with van der Waals surface area (Å²) in [6.07, 6.45) is 0. The first-order valence-corrected chi connectivity index (χ1v) is 11.9. The molecule has 0 aliphatic carbocycles. The molecule has 0 unspecified atom stereocenters. The van der Waals surface area contributed by atoms with Gasteiger partial charge in [-0.15, -0.1) is 0 Å². The second-order valence-corrected chi connectivity index (χ2v) is 13.4. The van der Waals surface area contributed by atoms with Crippen LogP contribution in [0.3, 0.4) is 0 Å². The minimum atomic E-state index is -2.43. The van der Waals surface area contributed by atoms with E-state index in [0.717, 1.165) is 5.75 Å². The van der Waals surface area contributed by atoms with Crippen molar-refractivity contribution in [1.82, 2.24) is 0 Å². The molecular formula is C21H28O2SSi. The molecule has 2 aromatic carbocycles. The maximum atomic E-state index is 9.52. The number of thioether (sulfide) groups is 1. The molecule has 1 aliphatic rings. The van der Waals surface area contributed by atoms with Crippen LogP contribution in [-0.4, -0.2) is 37.6 Å². The van der Waals surface area contributed by atoms with E-state index in [9.17, 15) is 5.11 Å². The van der Waals surface area contributed by atoms with Gasteiger partial charge in [-0.2, -0.15) is 11.8 Å². The van der Waals surface area contributed by atoms with Gasteiger partial charge < -0.3 is 9.53 Å². The fraction of sp³-hybridized carbons (Fsp3) is 0.429. The van der Waals surface area contributed by atoms with Crippen molar-refractivity contribution >= 4 is 30.5 Å². The topological polar surface area (TPSA) is 29.5 Å². The Bertz CT molecular complexity index is 628. The normalized spacial score (nSPS) is 21.0. The third-order valence-corrected chi connectivity index (χ3v) is 11.7. The first kappa shape index (κ1) is 18.7. The molecule has 2 atom stereocenters. The first-order valence-electron chi connectivity index (χ1n) is 8.96. The Morgan fingerprint density at radius 1 is 1.00 bits per heavy atom. The van der Waals surface area contributed by atoms with Gasteiger partial charge in [-0.3, -0.25) is 0 Å².